The summed E-state index contributed by atoms with van der Waals surface area (Å²) in [7, 11) is 0. The minimum absolute atomic E-state index is 0. The molecule has 0 saturated heterocycles. The smallest absolute Gasteiger partial charge is 0.434 e. The third-order valence-electron chi connectivity index (χ3n) is 2.25. The zero-order chi connectivity index (χ0) is 9.97. The summed E-state index contributed by atoms with van der Waals surface area (Å²) in [6.07, 6.45) is 2.17. The third kappa shape index (κ3) is 2.30. The number of nitrogens with zero attached hydrogens (tertiary/aromatic N) is 2. The molecule has 0 atom stereocenters. The van der Waals surface area contributed by atoms with Gasteiger partial charge in [0.05, 0.1) is 18.5 Å². The molecule has 2 heterocycles. The SMILES string of the molecule is CCOC(=O)n1ncc2c1CCNC2.Cl. The average Bonchev–Trinajstić information content (AvgIpc) is 2.61. The van der Waals surface area contributed by atoms with Gasteiger partial charge in [0.1, 0.15) is 0 Å². The predicted molar refractivity (Wildman–Crippen MR) is 57.3 cm³/mol. The van der Waals surface area contributed by atoms with Gasteiger partial charge in [-0.3, -0.25) is 0 Å². The van der Waals surface area contributed by atoms with Crippen molar-refractivity contribution in [3.8, 4) is 0 Å². The van der Waals surface area contributed by atoms with Crippen molar-refractivity contribution in [2.45, 2.75) is 19.9 Å². The second-order valence-electron chi connectivity index (χ2n) is 3.15. The Morgan fingerprint density at radius 2 is 2.53 bits per heavy atom. The Morgan fingerprint density at radius 3 is 3.27 bits per heavy atom. The van der Waals surface area contributed by atoms with Crippen molar-refractivity contribution in [1.29, 1.82) is 0 Å². The highest BCUT2D eigenvalue weighted by molar-refractivity contribution is 5.85. The Labute approximate surface area is 94.2 Å². The van der Waals surface area contributed by atoms with Gasteiger partial charge in [-0.15, -0.1) is 12.4 Å². The van der Waals surface area contributed by atoms with E-state index in [1.807, 2.05) is 0 Å². The summed E-state index contributed by atoms with van der Waals surface area (Å²) in [5, 5.41) is 7.24. The largest absolute Gasteiger partial charge is 0.448 e. The highest BCUT2D eigenvalue weighted by atomic mass is 35.5. The fraction of sp³-hybridized carbons (Fsp3) is 0.556. The second-order valence-corrected chi connectivity index (χ2v) is 3.15. The molecule has 0 radical (unpaired) electrons. The first-order valence-electron chi connectivity index (χ1n) is 4.76. The second kappa shape index (κ2) is 5.14. The number of rotatable bonds is 1. The first kappa shape index (κ1) is 12.0. The molecule has 2 rings (SSSR count). The molecular formula is C9H14ClN3O2. The summed E-state index contributed by atoms with van der Waals surface area (Å²) in [6.45, 7) is 3.84. The number of hydrogen-bond donors (Lipinski definition) is 1. The Kier molecular flexibility index (Phi) is 4.11. The van der Waals surface area contributed by atoms with Crippen molar-refractivity contribution in [3.05, 3.63) is 17.5 Å². The van der Waals surface area contributed by atoms with Gasteiger partial charge in [-0.1, -0.05) is 0 Å². The zero-order valence-corrected chi connectivity index (χ0v) is 9.34. The maximum atomic E-state index is 11.4. The van der Waals surface area contributed by atoms with Crippen molar-refractivity contribution < 1.29 is 9.53 Å². The molecule has 5 nitrogen and oxygen atoms in total. The Hall–Kier alpha value is -1.07. The standard InChI is InChI=1S/C9H13N3O2.ClH/c1-2-14-9(13)12-8-3-4-10-5-7(8)6-11-12;/h6,10H,2-5H2,1H3;1H. The van der Waals surface area contributed by atoms with E-state index in [1.165, 1.54) is 4.68 Å². The van der Waals surface area contributed by atoms with Crippen LogP contribution in [0.2, 0.25) is 0 Å². The lowest BCUT2D eigenvalue weighted by atomic mass is 10.1. The van der Waals surface area contributed by atoms with Crippen LogP contribution in [0.4, 0.5) is 4.79 Å². The van der Waals surface area contributed by atoms with E-state index in [4.69, 9.17) is 4.74 Å². The maximum Gasteiger partial charge on any atom is 0.434 e. The molecule has 0 aromatic carbocycles. The van der Waals surface area contributed by atoms with Gasteiger partial charge in [-0.05, 0) is 6.92 Å². The van der Waals surface area contributed by atoms with E-state index in [0.717, 1.165) is 30.8 Å². The van der Waals surface area contributed by atoms with Gasteiger partial charge in [0, 0.05) is 25.1 Å². The molecule has 0 fully saturated rings. The Bertz CT molecular complexity index is 351. The lowest BCUT2D eigenvalue weighted by Gasteiger charge is -2.13. The summed E-state index contributed by atoms with van der Waals surface area (Å²) < 4.78 is 6.25. The van der Waals surface area contributed by atoms with Crippen molar-refractivity contribution in [1.82, 2.24) is 15.1 Å². The van der Waals surface area contributed by atoms with Crippen LogP contribution >= 0.6 is 12.4 Å². The third-order valence-corrected chi connectivity index (χ3v) is 2.25. The van der Waals surface area contributed by atoms with E-state index in [-0.39, 0.29) is 18.5 Å². The van der Waals surface area contributed by atoms with Crippen LogP contribution < -0.4 is 5.32 Å². The maximum absolute atomic E-state index is 11.4. The Morgan fingerprint density at radius 1 is 1.73 bits per heavy atom. The van der Waals surface area contributed by atoms with Crippen molar-refractivity contribution in [3.63, 3.8) is 0 Å². The fourth-order valence-corrected chi connectivity index (χ4v) is 1.59. The van der Waals surface area contributed by atoms with E-state index in [2.05, 4.69) is 10.4 Å². The number of halogens is 1. The quantitative estimate of drug-likeness (QED) is 0.782. The van der Waals surface area contributed by atoms with Crippen LogP contribution in [0.15, 0.2) is 6.20 Å². The van der Waals surface area contributed by atoms with Crippen LogP contribution in [0.5, 0.6) is 0 Å². The molecular weight excluding hydrogens is 218 g/mol. The molecule has 1 aromatic heterocycles. The van der Waals surface area contributed by atoms with Gasteiger partial charge in [0.25, 0.3) is 0 Å². The summed E-state index contributed by atoms with van der Waals surface area (Å²) >= 11 is 0. The average molecular weight is 232 g/mol. The van der Waals surface area contributed by atoms with Crippen LogP contribution in [0.25, 0.3) is 0 Å². The highest BCUT2D eigenvalue weighted by Gasteiger charge is 2.18. The molecule has 1 aliphatic heterocycles. The molecule has 0 spiro atoms. The highest BCUT2D eigenvalue weighted by Crippen LogP contribution is 2.12. The van der Waals surface area contributed by atoms with E-state index < -0.39 is 0 Å². The molecule has 6 heteroatoms. The monoisotopic (exact) mass is 231 g/mol. The number of fused-ring (bicyclic) bond motifs is 1. The van der Waals surface area contributed by atoms with Crippen molar-refractivity contribution in [2.75, 3.05) is 13.2 Å². The van der Waals surface area contributed by atoms with Gasteiger partial charge in [0.15, 0.2) is 0 Å². The van der Waals surface area contributed by atoms with E-state index in [9.17, 15) is 4.79 Å². The number of nitrogens with one attached hydrogen (secondary N) is 1. The number of hydrogen-bond acceptors (Lipinski definition) is 4. The normalized spacial score (nSPS) is 13.9. The molecule has 84 valence electrons. The van der Waals surface area contributed by atoms with Crippen molar-refractivity contribution >= 4 is 18.5 Å². The van der Waals surface area contributed by atoms with E-state index in [0.29, 0.717) is 6.61 Å². The first-order valence-corrected chi connectivity index (χ1v) is 4.76. The summed E-state index contributed by atoms with van der Waals surface area (Å²) in [6, 6.07) is 0. The van der Waals surface area contributed by atoms with Crippen LogP contribution in [0.1, 0.15) is 18.2 Å². The number of ether oxygens (including phenoxy) is 1. The predicted octanol–water partition coefficient (Wildman–Crippen LogP) is 0.955. The van der Waals surface area contributed by atoms with Crippen LogP contribution in [-0.4, -0.2) is 29.0 Å². The van der Waals surface area contributed by atoms with Crippen LogP contribution in [-0.2, 0) is 17.7 Å². The number of aromatic nitrogens is 2. The minimum Gasteiger partial charge on any atom is -0.448 e. The lowest BCUT2D eigenvalue weighted by molar-refractivity contribution is 0.149. The number of carbonyl (C=O) groups is 1. The lowest BCUT2D eigenvalue weighted by Crippen LogP contribution is -2.27. The van der Waals surface area contributed by atoms with Gasteiger partial charge >= 0.3 is 6.09 Å². The molecule has 0 amide bonds. The summed E-state index contributed by atoms with van der Waals surface area (Å²) in [5.41, 5.74) is 2.06. The molecule has 1 aromatic rings. The fourth-order valence-electron chi connectivity index (χ4n) is 1.59. The molecule has 1 aliphatic rings. The molecule has 15 heavy (non-hydrogen) atoms. The summed E-state index contributed by atoms with van der Waals surface area (Å²) in [4.78, 5) is 11.4. The molecule has 1 N–H and O–H groups in total. The molecule has 0 bridgehead atoms. The van der Waals surface area contributed by atoms with Gasteiger partial charge in [-0.25, -0.2) is 4.79 Å². The topological polar surface area (TPSA) is 56.2 Å². The van der Waals surface area contributed by atoms with Crippen molar-refractivity contribution in [2.24, 2.45) is 0 Å². The first-order chi connectivity index (χ1) is 6.83. The molecule has 0 aliphatic carbocycles. The minimum atomic E-state index is -0.379. The van der Waals surface area contributed by atoms with Gasteiger partial charge < -0.3 is 10.1 Å². The van der Waals surface area contributed by atoms with Crippen LogP contribution in [0.3, 0.4) is 0 Å². The Balaban J connectivity index is 0.00000112. The van der Waals surface area contributed by atoms with Gasteiger partial charge in [0.2, 0.25) is 0 Å². The molecule has 0 unspecified atom stereocenters. The van der Waals surface area contributed by atoms with Crippen LogP contribution in [0, 0.1) is 0 Å². The number of carbonyl (C=O) groups excluding carboxylic acids is 1. The summed E-state index contributed by atoms with van der Waals surface area (Å²) in [5.74, 6) is 0. The van der Waals surface area contributed by atoms with E-state index >= 15 is 0 Å². The molecule has 0 saturated carbocycles. The van der Waals surface area contributed by atoms with Gasteiger partial charge in [-0.2, -0.15) is 9.78 Å². The zero-order valence-electron chi connectivity index (χ0n) is 8.52. The van der Waals surface area contributed by atoms with E-state index in [1.54, 1.807) is 13.1 Å².